The summed E-state index contributed by atoms with van der Waals surface area (Å²) in [5.41, 5.74) is 5.19. The summed E-state index contributed by atoms with van der Waals surface area (Å²) >= 11 is 5.83. The minimum Gasteiger partial charge on any atom is -0.396 e. The number of nitrogen functional groups attached to an aromatic ring is 1. The van der Waals surface area contributed by atoms with Gasteiger partial charge in [0, 0.05) is 12.6 Å². The summed E-state index contributed by atoms with van der Waals surface area (Å²) in [6.07, 6.45) is 0.672. The van der Waals surface area contributed by atoms with E-state index in [2.05, 4.69) is 0 Å². The number of hydrogen-bond acceptors (Lipinski definition) is 3. The zero-order chi connectivity index (χ0) is 14.8. The zero-order valence-corrected chi connectivity index (χ0v) is 12.7. The molecule has 0 radical (unpaired) electrons. The number of hydrogen-bond donors (Lipinski definition) is 1. The predicted octanol–water partition coefficient (Wildman–Crippen LogP) is 2.87. The highest BCUT2D eigenvalue weighted by Crippen LogP contribution is 2.29. The topological polar surface area (TPSA) is 63.4 Å². The van der Waals surface area contributed by atoms with Gasteiger partial charge >= 0.3 is 0 Å². The van der Waals surface area contributed by atoms with E-state index >= 15 is 0 Å². The molecule has 0 atom stereocenters. The number of nitrogens with two attached hydrogens (primary N) is 1. The van der Waals surface area contributed by atoms with Gasteiger partial charge in [-0.2, -0.15) is 4.31 Å². The molecule has 0 fully saturated rings. The van der Waals surface area contributed by atoms with Crippen LogP contribution in [0.5, 0.6) is 0 Å². The summed E-state index contributed by atoms with van der Waals surface area (Å²) < 4.78 is 39.6. The number of nitrogens with zero attached hydrogens (tertiary/aromatic N) is 1. The van der Waals surface area contributed by atoms with Crippen LogP contribution in [0.1, 0.15) is 27.2 Å². The Kier molecular flexibility index (Phi) is 5.18. The van der Waals surface area contributed by atoms with Crippen LogP contribution in [0.25, 0.3) is 0 Å². The van der Waals surface area contributed by atoms with Gasteiger partial charge in [-0.25, -0.2) is 12.8 Å². The molecule has 0 amide bonds. The Balaban J connectivity index is 3.37. The molecule has 19 heavy (non-hydrogen) atoms. The van der Waals surface area contributed by atoms with Crippen molar-refractivity contribution < 1.29 is 12.8 Å². The molecular weight excluding hydrogens is 291 g/mol. The zero-order valence-electron chi connectivity index (χ0n) is 11.2. The van der Waals surface area contributed by atoms with Crippen LogP contribution < -0.4 is 5.73 Å². The largest absolute Gasteiger partial charge is 0.396 e. The highest BCUT2D eigenvalue weighted by Gasteiger charge is 2.29. The molecule has 0 heterocycles. The SMILES string of the molecule is CCCN(C(C)C)S(=O)(=O)c1cc(N)c(F)cc1Cl. The first-order chi connectivity index (χ1) is 8.71. The van der Waals surface area contributed by atoms with E-state index in [1.807, 2.05) is 6.92 Å². The van der Waals surface area contributed by atoms with Crippen molar-refractivity contribution in [1.29, 1.82) is 0 Å². The van der Waals surface area contributed by atoms with Crippen LogP contribution in [-0.4, -0.2) is 25.3 Å². The van der Waals surface area contributed by atoms with Gasteiger partial charge in [0.25, 0.3) is 0 Å². The molecule has 0 unspecified atom stereocenters. The Morgan fingerprint density at radius 2 is 2.00 bits per heavy atom. The van der Waals surface area contributed by atoms with Gasteiger partial charge in [0.05, 0.1) is 10.7 Å². The first-order valence-electron chi connectivity index (χ1n) is 5.98. The molecule has 0 spiro atoms. The van der Waals surface area contributed by atoms with Gasteiger partial charge in [0.1, 0.15) is 10.7 Å². The smallest absolute Gasteiger partial charge is 0.244 e. The fraction of sp³-hybridized carbons (Fsp3) is 0.500. The van der Waals surface area contributed by atoms with Crippen molar-refractivity contribution in [2.75, 3.05) is 12.3 Å². The fourth-order valence-corrected chi connectivity index (χ4v) is 4.00. The molecule has 4 nitrogen and oxygen atoms in total. The quantitative estimate of drug-likeness (QED) is 0.851. The highest BCUT2D eigenvalue weighted by atomic mass is 35.5. The van der Waals surface area contributed by atoms with E-state index in [4.69, 9.17) is 17.3 Å². The molecule has 0 aromatic heterocycles. The minimum atomic E-state index is -3.78. The van der Waals surface area contributed by atoms with Crippen molar-refractivity contribution in [3.63, 3.8) is 0 Å². The standard InChI is InChI=1S/C12H18ClFN2O2S/c1-4-5-16(8(2)3)19(17,18)12-7-11(15)10(14)6-9(12)13/h6-8H,4-5,15H2,1-3H3. The Hall–Kier alpha value is -0.850. The second-order valence-corrected chi connectivity index (χ2v) is 6.78. The first kappa shape index (κ1) is 16.2. The maximum absolute atomic E-state index is 13.2. The third-order valence-electron chi connectivity index (χ3n) is 2.66. The third kappa shape index (κ3) is 3.38. The van der Waals surface area contributed by atoms with Crippen LogP contribution in [-0.2, 0) is 10.0 Å². The maximum atomic E-state index is 13.2. The Morgan fingerprint density at radius 1 is 1.42 bits per heavy atom. The van der Waals surface area contributed by atoms with Gasteiger partial charge in [-0.15, -0.1) is 0 Å². The van der Waals surface area contributed by atoms with Crippen molar-refractivity contribution in [3.05, 3.63) is 23.0 Å². The van der Waals surface area contributed by atoms with Gasteiger partial charge in [-0.05, 0) is 32.4 Å². The van der Waals surface area contributed by atoms with E-state index < -0.39 is 15.8 Å². The minimum absolute atomic E-state index is 0.157. The molecular formula is C12H18ClFN2O2S. The first-order valence-corrected chi connectivity index (χ1v) is 7.80. The van der Waals surface area contributed by atoms with E-state index in [0.29, 0.717) is 13.0 Å². The Bertz CT molecular complexity index is 561. The summed E-state index contributed by atoms with van der Waals surface area (Å²) in [4.78, 5) is -0.157. The van der Waals surface area contributed by atoms with E-state index in [0.717, 1.165) is 12.1 Å². The molecule has 0 bridgehead atoms. The number of benzene rings is 1. The normalized spacial score (nSPS) is 12.4. The van der Waals surface area contributed by atoms with Crippen LogP contribution in [0.15, 0.2) is 17.0 Å². The molecule has 0 saturated carbocycles. The van der Waals surface area contributed by atoms with Gasteiger partial charge in [0.2, 0.25) is 10.0 Å². The van der Waals surface area contributed by atoms with Gasteiger partial charge < -0.3 is 5.73 Å². The number of rotatable bonds is 5. The lowest BCUT2D eigenvalue weighted by molar-refractivity contribution is 0.354. The monoisotopic (exact) mass is 308 g/mol. The van der Waals surface area contributed by atoms with Crippen LogP contribution in [0.3, 0.4) is 0 Å². The van der Waals surface area contributed by atoms with E-state index in [1.54, 1.807) is 13.8 Å². The lowest BCUT2D eigenvalue weighted by Gasteiger charge is -2.26. The molecule has 7 heteroatoms. The summed E-state index contributed by atoms with van der Waals surface area (Å²) in [7, 11) is -3.78. The lowest BCUT2D eigenvalue weighted by atomic mass is 10.3. The third-order valence-corrected chi connectivity index (χ3v) is 5.20. The predicted molar refractivity (Wildman–Crippen MR) is 75.1 cm³/mol. The van der Waals surface area contributed by atoms with Gasteiger partial charge in [0.15, 0.2) is 0 Å². The molecule has 0 aliphatic rings. The van der Waals surface area contributed by atoms with Gasteiger partial charge in [-0.1, -0.05) is 18.5 Å². The molecule has 108 valence electrons. The second-order valence-electron chi connectivity index (χ2n) is 4.51. The van der Waals surface area contributed by atoms with Crippen molar-refractivity contribution >= 4 is 27.3 Å². The van der Waals surface area contributed by atoms with Crippen molar-refractivity contribution in [2.24, 2.45) is 0 Å². The average molecular weight is 309 g/mol. The van der Waals surface area contributed by atoms with Crippen LogP contribution in [0.4, 0.5) is 10.1 Å². The molecule has 0 saturated heterocycles. The van der Waals surface area contributed by atoms with Crippen molar-refractivity contribution in [1.82, 2.24) is 4.31 Å². The van der Waals surface area contributed by atoms with Crippen molar-refractivity contribution in [2.45, 2.75) is 38.1 Å². The second kappa shape index (κ2) is 6.07. The maximum Gasteiger partial charge on any atom is 0.244 e. The molecule has 1 aromatic carbocycles. The Labute approximate surface area is 118 Å². The van der Waals surface area contributed by atoms with E-state index in [9.17, 15) is 12.8 Å². The van der Waals surface area contributed by atoms with Crippen LogP contribution in [0.2, 0.25) is 5.02 Å². The summed E-state index contributed by atoms with van der Waals surface area (Å²) in [6.45, 7) is 5.79. The summed E-state index contributed by atoms with van der Waals surface area (Å²) in [6, 6.07) is 1.78. The number of halogens is 2. The lowest BCUT2D eigenvalue weighted by Crippen LogP contribution is -2.37. The molecule has 1 rings (SSSR count). The fourth-order valence-electron chi connectivity index (χ4n) is 1.75. The molecule has 1 aromatic rings. The number of anilines is 1. The molecule has 0 aliphatic carbocycles. The van der Waals surface area contributed by atoms with E-state index in [1.165, 1.54) is 4.31 Å². The van der Waals surface area contributed by atoms with Crippen LogP contribution in [0, 0.1) is 5.82 Å². The van der Waals surface area contributed by atoms with Crippen LogP contribution >= 0.6 is 11.6 Å². The summed E-state index contributed by atoms with van der Waals surface area (Å²) in [5.74, 6) is -0.726. The molecule has 2 N–H and O–H groups in total. The number of sulfonamides is 1. The molecule has 0 aliphatic heterocycles. The van der Waals surface area contributed by atoms with E-state index in [-0.39, 0.29) is 21.6 Å². The Morgan fingerprint density at radius 3 is 2.47 bits per heavy atom. The summed E-state index contributed by atoms with van der Waals surface area (Å²) in [5, 5.41) is -0.159. The van der Waals surface area contributed by atoms with Gasteiger partial charge in [-0.3, -0.25) is 0 Å². The van der Waals surface area contributed by atoms with Crippen molar-refractivity contribution in [3.8, 4) is 0 Å². The average Bonchev–Trinajstić information content (AvgIpc) is 2.29. The highest BCUT2D eigenvalue weighted by molar-refractivity contribution is 7.89.